The van der Waals surface area contributed by atoms with Crippen LogP contribution in [0.4, 0.5) is 0 Å². The van der Waals surface area contributed by atoms with E-state index < -0.39 is 0 Å². The van der Waals surface area contributed by atoms with Crippen LogP contribution in [0.25, 0.3) is 11.3 Å². The van der Waals surface area contributed by atoms with Crippen molar-refractivity contribution in [3.05, 3.63) is 41.1 Å². The fourth-order valence-corrected chi connectivity index (χ4v) is 1.91. The Kier molecular flexibility index (Phi) is 3.29. The Morgan fingerprint density at radius 1 is 1.24 bits per heavy atom. The molecule has 0 bridgehead atoms. The van der Waals surface area contributed by atoms with Crippen molar-refractivity contribution in [2.75, 3.05) is 0 Å². The summed E-state index contributed by atoms with van der Waals surface area (Å²) in [6.07, 6.45) is 0. The minimum atomic E-state index is 0.0175. The lowest BCUT2D eigenvalue weighted by Crippen LogP contribution is -1.90. The van der Waals surface area contributed by atoms with E-state index in [0.29, 0.717) is 5.92 Å². The van der Waals surface area contributed by atoms with Gasteiger partial charge in [0, 0.05) is 16.8 Å². The molecule has 0 aliphatic heterocycles. The van der Waals surface area contributed by atoms with Gasteiger partial charge in [0.2, 0.25) is 0 Å². The minimum Gasteiger partial charge on any atom is -0.392 e. The third kappa shape index (κ3) is 2.24. The van der Waals surface area contributed by atoms with Crippen LogP contribution < -0.4 is 0 Å². The molecule has 2 rings (SSSR count). The van der Waals surface area contributed by atoms with Crippen molar-refractivity contribution < 1.29 is 5.11 Å². The molecule has 0 radical (unpaired) electrons. The van der Waals surface area contributed by atoms with E-state index in [4.69, 9.17) is 0 Å². The summed E-state index contributed by atoms with van der Waals surface area (Å²) in [6.45, 7) is 6.29. The standard InChI is InChI=1S/C14H18N2O/c1-9(2)11-4-6-12(7-5-11)14-13(8-17)10(3)15-16-14/h4-7,9,17H,8H2,1-3H3,(H,15,16). The molecule has 0 saturated heterocycles. The van der Waals surface area contributed by atoms with Gasteiger partial charge < -0.3 is 5.11 Å². The quantitative estimate of drug-likeness (QED) is 0.851. The summed E-state index contributed by atoms with van der Waals surface area (Å²) in [5.41, 5.74) is 5.01. The van der Waals surface area contributed by atoms with Crippen LogP contribution in [-0.4, -0.2) is 15.3 Å². The van der Waals surface area contributed by atoms with Gasteiger partial charge in [0.25, 0.3) is 0 Å². The van der Waals surface area contributed by atoms with Crippen molar-refractivity contribution in [1.29, 1.82) is 0 Å². The number of H-pyrrole nitrogens is 1. The summed E-state index contributed by atoms with van der Waals surface area (Å²) in [5.74, 6) is 0.530. The second-order valence-corrected chi connectivity index (χ2v) is 4.61. The van der Waals surface area contributed by atoms with E-state index in [1.54, 1.807) is 0 Å². The van der Waals surface area contributed by atoms with Gasteiger partial charge in [-0.05, 0) is 18.4 Å². The number of hydrogen-bond acceptors (Lipinski definition) is 2. The Morgan fingerprint density at radius 3 is 2.41 bits per heavy atom. The third-order valence-corrected chi connectivity index (χ3v) is 3.08. The van der Waals surface area contributed by atoms with Crippen molar-refractivity contribution in [2.45, 2.75) is 33.3 Å². The number of aryl methyl sites for hydroxylation is 1. The van der Waals surface area contributed by atoms with Crippen LogP contribution in [0.15, 0.2) is 24.3 Å². The highest BCUT2D eigenvalue weighted by molar-refractivity contribution is 5.64. The monoisotopic (exact) mass is 230 g/mol. The number of hydrogen-bond donors (Lipinski definition) is 2. The Balaban J connectivity index is 2.39. The van der Waals surface area contributed by atoms with Gasteiger partial charge in [-0.1, -0.05) is 38.1 Å². The summed E-state index contributed by atoms with van der Waals surface area (Å²) in [5, 5.41) is 16.5. The maximum absolute atomic E-state index is 9.33. The highest BCUT2D eigenvalue weighted by Crippen LogP contribution is 2.25. The van der Waals surface area contributed by atoms with Crippen LogP contribution in [0.2, 0.25) is 0 Å². The first-order valence-electron chi connectivity index (χ1n) is 5.88. The summed E-state index contributed by atoms with van der Waals surface area (Å²) in [7, 11) is 0. The van der Waals surface area contributed by atoms with Crippen LogP contribution in [0.3, 0.4) is 0 Å². The Bertz CT molecular complexity index is 497. The summed E-state index contributed by atoms with van der Waals surface area (Å²) < 4.78 is 0. The molecule has 2 N–H and O–H groups in total. The van der Waals surface area contributed by atoms with E-state index in [0.717, 1.165) is 22.5 Å². The molecule has 0 unspecified atom stereocenters. The molecule has 3 heteroatoms. The topological polar surface area (TPSA) is 48.9 Å². The first kappa shape index (κ1) is 11.9. The molecule has 1 aromatic carbocycles. The number of nitrogens with zero attached hydrogens (tertiary/aromatic N) is 1. The van der Waals surface area contributed by atoms with Crippen molar-refractivity contribution in [3.8, 4) is 11.3 Å². The average molecular weight is 230 g/mol. The predicted octanol–water partition coefficient (Wildman–Crippen LogP) is 3.00. The number of benzene rings is 1. The molecule has 2 aromatic rings. The maximum Gasteiger partial charge on any atom is 0.0978 e. The summed E-state index contributed by atoms with van der Waals surface area (Å²) in [4.78, 5) is 0. The van der Waals surface area contributed by atoms with E-state index in [9.17, 15) is 5.11 Å². The SMILES string of the molecule is Cc1[nH]nc(-c2ccc(C(C)C)cc2)c1CO. The van der Waals surface area contributed by atoms with Crippen LogP contribution in [-0.2, 0) is 6.61 Å². The third-order valence-electron chi connectivity index (χ3n) is 3.08. The molecule has 0 atom stereocenters. The van der Waals surface area contributed by atoms with E-state index in [1.165, 1.54) is 5.56 Å². The molecule has 90 valence electrons. The van der Waals surface area contributed by atoms with E-state index >= 15 is 0 Å². The van der Waals surface area contributed by atoms with E-state index in [1.807, 2.05) is 6.92 Å². The van der Waals surface area contributed by atoms with Gasteiger partial charge in [0.05, 0.1) is 12.3 Å². The lowest BCUT2D eigenvalue weighted by atomic mass is 9.99. The molecule has 0 fully saturated rings. The van der Waals surface area contributed by atoms with E-state index in [2.05, 4.69) is 48.3 Å². The second kappa shape index (κ2) is 4.72. The van der Waals surface area contributed by atoms with Gasteiger partial charge in [0.1, 0.15) is 0 Å². The highest BCUT2D eigenvalue weighted by atomic mass is 16.3. The van der Waals surface area contributed by atoms with Gasteiger partial charge in [-0.25, -0.2) is 0 Å². The van der Waals surface area contributed by atoms with Crippen molar-refractivity contribution >= 4 is 0 Å². The van der Waals surface area contributed by atoms with Crippen LogP contribution >= 0.6 is 0 Å². The van der Waals surface area contributed by atoms with Gasteiger partial charge in [-0.15, -0.1) is 0 Å². The van der Waals surface area contributed by atoms with Crippen molar-refractivity contribution in [1.82, 2.24) is 10.2 Å². The molecule has 1 heterocycles. The lowest BCUT2D eigenvalue weighted by Gasteiger charge is -2.06. The highest BCUT2D eigenvalue weighted by Gasteiger charge is 2.11. The number of aliphatic hydroxyl groups excluding tert-OH is 1. The Labute approximate surface area is 102 Å². The molecule has 0 aliphatic carbocycles. The summed E-state index contributed by atoms with van der Waals surface area (Å²) >= 11 is 0. The van der Waals surface area contributed by atoms with E-state index in [-0.39, 0.29) is 6.61 Å². The summed E-state index contributed by atoms with van der Waals surface area (Å²) in [6, 6.07) is 8.35. The average Bonchev–Trinajstić information content (AvgIpc) is 2.70. The zero-order chi connectivity index (χ0) is 12.4. The van der Waals surface area contributed by atoms with Gasteiger partial charge >= 0.3 is 0 Å². The zero-order valence-corrected chi connectivity index (χ0v) is 10.5. The zero-order valence-electron chi connectivity index (χ0n) is 10.5. The molecular weight excluding hydrogens is 212 g/mol. The molecule has 1 aromatic heterocycles. The van der Waals surface area contributed by atoms with Crippen LogP contribution in [0.1, 0.15) is 36.6 Å². The number of aliphatic hydroxyl groups is 1. The van der Waals surface area contributed by atoms with Crippen LogP contribution in [0, 0.1) is 6.92 Å². The molecule has 0 spiro atoms. The van der Waals surface area contributed by atoms with Gasteiger partial charge in [0.15, 0.2) is 0 Å². The second-order valence-electron chi connectivity index (χ2n) is 4.61. The lowest BCUT2D eigenvalue weighted by molar-refractivity contribution is 0.281. The molecule has 17 heavy (non-hydrogen) atoms. The van der Waals surface area contributed by atoms with Gasteiger partial charge in [-0.2, -0.15) is 5.10 Å². The largest absolute Gasteiger partial charge is 0.392 e. The first-order chi connectivity index (χ1) is 8.13. The number of rotatable bonds is 3. The molecule has 0 aliphatic rings. The van der Waals surface area contributed by atoms with Crippen molar-refractivity contribution in [3.63, 3.8) is 0 Å². The Hall–Kier alpha value is -1.61. The number of nitrogens with one attached hydrogen (secondary N) is 1. The molecule has 0 saturated carbocycles. The van der Waals surface area contributed by atoms with Crippen molar-refractivity contribution in [2.24, 2.45) is 0 Å². The number of aromatic nitrogens is 2. The maximum atomic E-state index is 9.33. The molecule has 3 nitrogen and oxygen atoms in total. The first-order valence-corrected chi connectivity index (χ1v) is 5.88. The molecule has 0 amide bonds. The fraction of sp³-hybridized carbons (Fsp3) is 0.357. The smallest absolute Gasteiger partial charge is 0.0978 e. The van der Waals surface area contributed by atoms with Gasteiger partial charge in [-0.3, -0.25) is 5.10 Å². The fourth-order valence-electron chi connectivity index (χ4n) is 1.91. The minimum absolute atomic E-state index is 0.0175. The normalized spacial score (nSPS) is 11.1. The predicted molar refractivity (Wildman–Crippen MR) is 68.8 cm³/mol. The van der Waals surface area contributed by atoms with Crippen LogP contribution in [0.5, 0.6) is 0 Å². The Morgan fingerprint density at radius 2 is 1.88 bits per heavy atom. The molecular formula is C14H18N2O. The number of aromatic amines is 1.